The fraction of sp³-hybridized carbons (Fsp3) is 0.417. The average Bonchev–Trinajstić information content (AvgIpc) is 2.24. The quantitative estimate of drug-likeness (QED) is 0.750. The van der Waals surface area contributed by atoms with Crippen LogP contribution in [0.4, 0.5) is 0 Å². The number of phenolic OH excluding ortho intramolecular Hbond substituents is 1. The second-order valence-electron chi connectivity index (χ2n) is 3.58. The molecule has 0 fully saturated rings. The molecular weight excluding hydrogens is 224 g/mol. The molecule has 1 atom stereocenters. The molecule has 1 aromatic rings. The Morgan fingerprint density at radius 2 is 2.25 bits per heavy atom. The fourth-order valence-electron chi connectivity index (χ4n) is 1.34. The molecule has 0 amide bonds. The van der Waals surface area contributed by atoms with E-state index in [-0.39, 0.29) is 5.75 Å². The molecule has 1 aromatic carbocycles. The van der Waals surface area contributed by atoms with Crippen molar-refractivity contribution in [2.45, 2.75) is 36.3 Å². The first kappa shape index (κ1) is 12.9. The number of rotatable bonds is 6. The standard InChI is InChI=1S/C12H16O3S/c1-2-3-7-11(12(14)15)16-10-6-4-5-9(13)8-10/h4-6,8,11,13H,2-3,7H2,1H3,(H,14,15). The fourth-order valence-corrected chi connectivity index (χ4v) is 2.40. The average molecular weight is 240 g/mol. The third kappa shape index (κ3) is 4.14. The van der Waals surface area contributed by atoms with Gasteiger partial charge in [-0.25, -0.2) is 0 Å². The number of phenols is 1. The van der Waals surface area contributed by atoms with Gasteiger partial charge in [0.1, 0.15) is 11.0 Å². The highest BCUT2D eigenvalue weighted by molar-refractivity contribution is 8.00. The Balaban J connectivity index is 2.64. The number of unbranched alkanes of at least 4 members (excludes halogenated alkanes) is 1. The predicted molar refractivity (Wildman–Crippen MR) is 64.9 cm³/mol. The smallest absolute Gasteiger partial charge is 0.316 e. The molecular formula is C12H16O3S. The van der Waals surface area contributed by atoms with Crippen molar-refractivity contribution in [3.63, 3.8) is 0 Å². The van der Waals surface area contributed by atoms with Crippen LogP contribution in [0.5, 0.6) is 5.75 Å². The van der Waals surface area contributed by atoms with Gasteiger partial charge in [-0.15, -0.1) is 11.8 Å². The van der Waals surface area contributed by atoms with E-state index in [2.05, 4.69) is 0 Å². The largest absolute Gasteiger partial charge is 0.508 e. The third-order valence-electron chi connectivity index (χ3n) is 2.19. The van der Waals surface area contributed by atoms with E-state index in [0.717, 1.165) is 17.7 Å². The Morgan fingerprint density at radius 1 is 1.50 bits per heavy atom. The Hall–Kier alpha value is -1.16. The van der Waals surface area contributed by atoms with Crippen molar-refractivity contribution in [3.8, 4) is 5.75 Å². The summed E-state index contributed by atoms with van der Waals surface area (Å²) in [7, 11) is 0. The lowest BCUT2D eigenvalue weighted by atomic mass is 10.2. The van der Waals surface area contributed by atoms with Gasteiger partial charge in [-0.05, 0) is 24.6 Å². The molecule has 4 heteroatoms. The number of carboxylic acid groups (broad SMARTS) is 1. The topological polar surface area (TPSA) is 57.5 Å². The lowest BCUT2D eigenvalue weighted by Crippen LogP contribution is -2.15. The van der Waals surface area contributed by atoms with Crippen molar-refractivity contribution in [1.82, 2.24) is 0 Å². The summed E-state index contributed by atoms with van der Waals surface area (Å²) in [4.78, 5) is 11.8. The molecule has 0 aliphatic heterocycles. The van der Waals surface area contributed by atoms with Crippen LogP contribution >= 0.6 is 11.8 Å². The van der Waals surface area contributed by atoms with Crippen LogP contribution in [0.1, 0.15) is 26.2 Å². The first-order valence-electron chi connectivity index (χ1n) is 5.32. The lowest BCUT2D eigenvalue weighted by molar-refractivity contribution is -0.136. The van der Waals surface area contributed by atoms with Crippen LogP contribution < -0.4 is 0 Å². The molecule has 2 N–H and O–H groups in total. The number of hydrogen-bond acceptors (Lipinski definition) is 3. The van der Waals surface area contributed by atoms with Crippen molar-refractivity contribution in [3.05, 3.63) is 24.3 Å². The van der Waals surface area contributed by atoms with Crippen LogP contribution in [0.2, 0.25) is 0 Å². The summed E-state index contributed by atoms with van der Waals surface area (Å²) in [6.07, 6.45) is 2.55. The highest BCUT2D eigenvalue weighted by atomic mass is 32.2. The summed E-state index contributed by atoms with van der Waals surface area (Å²) in [5, 5.41) is 17.9. The highest BCUT2D eigenvalue weighted by Crippen LogP contribution is 2.29. The molecule has 0 aliphatic rings. The molecule has 1 rings (SSSR count). The minimum Gasteiger partial charge on any atom is -0.508 e. The van der Waals surface area contributed by atoms with Crippen LogP contribution in [-0.4, -0.2) is 21.4 Å². The summed E-state index contributed by atoms with van der Waals surface area (Å²) in [5.74, 6) is -0.619. The first-order valence-corrected chi connectivity index (χ1v) is 6.20. The first-order chi connectivity index (χ1) is 7.63. The number of aliphatic carboxylic acids is 1. The van der Waals surface area contributed by atoms with Gasteiger partial charge in [0.05, 0.1) is 0 Å². The zero-order valence-corrected chi connectivity index (χ0v) is 10.0. The van der Waals surface area contributed by atoms with E-state index in [9.17, 15) is 9.90 Å². The maximum atomic E-state index is 11.0. The summed E-state index contributed by atoms with van der Waals surface area (Å²) < 4.78 is 0. The van der Waals surface area contributed by atoms with Crippen LogP contribution in [0.15, 0.2) is 29.2 Å². The third-order valence-corrected chi connectivity index (χ3v) is 3.44. The summed E-state index contributed by atoms with van der Waals surface area (Å²) >= 11 is 1.29. The van der Waals surface area contributed by atoms with Crippen molar-refractivity contribution >= 4 is 17.7 Å². The highest BCUT2D eigenvalue weighted by Gasteiger charge is 2.18. The molecule has 1 unspecified atom stereocenters. The normalized spacial score (nSPS) is 12.3. The Kier molecular flexibility index (Phi) is 5.19. The van der Waals surface area contributed by atoms with Crippen LogP contribution in [0.3, 0.4) is 0 Å². The Morgan fingerprint density at radius 3 is 2.81 bits per heavy atom. The summed E-state index contributed by atoms with van der Waals surface area (Å²) in [5.41, 5.74) is 0. The van der Waals surface area contributed by atoms with Gasteiger partial charge in [0, 0.05) is 4.90 Å². The van der Waals surface area contributed by atoms with E-state index < -0.39 is 11.2 Å². The Labute approximate surface area is 99.5 Å². The van der Waals surface area contributed by atoms with Crippen molar-refractivity contribution in [2.75, 3.05) is 0 Å². The molecule has 16 heavy (non-hydrogen) atoms. The molecule has 0 aromatic heterocycles. The van der Waals surface area contributed by atoms with Gasteiger partial charge in [0.2, 0.25) is 0 Å². The zero-order chi connectivity index (χ0) is 12.0. The second kappa shape index (κ2) is 6.43. The van der Waals surface area contributed by atoms with Crippen molar-refractivity contribution in [2.24, 2.45) is 0 Å². The van der Waals surface area contributed by atoms with Crippen LogP contribution in [-0.2, 0) is 4.79 Å². The molecule has 0 heterocycles. The molecule has 0 radical (unpaired) electrons. The van der Waals surface area contributed by atoms with Gasteiger partial charge < -0.3 is 10.2 Å². The second-order valence-corrected chi connectivity index (χ2v) is 4.86. The molecule has 88 valence electrons. The zero-order valence-electron chi connectivity index (χ0n) is 9.22. The minimum atomic E-state index is -0.790. The number of thioether (sulfide) groups is 1. The van der Waals surface area contributed by atoms with E-state index in [0.29, 0.717) is 6.42 Å². The number of hydrogen-bond donors (Lipinski definition) is 2. The monoisotopic (exact) mass is 240 g/mol. The SMILES string of the molecule is CCCCC(Sc1cccc(O)c1)C(=O)O. The molecule has 0 saturated heterocycles. The molecule has 0 bridgehead atoms. The van der Waals surface area contributed by atoms with Gasteiger partial charge in [0.25, 0.3) is 0 Å². The van der Waals surface area contributed by atoms with E-state index in [1.807, 2.05) is 13.0 Å². The van der Waals surface area contributed by atoms with Gasteiger partial charge in [-0.1, -0.05) is 25.8 Å². The van der Waals surface area contributed by atoms with E-state index in [1.165, 1.54) is 11.8 Å². The van der Waals surface area contributed by atoms with Crippen molar-refractivity contribution < 1.29 is 15.0 Å². The van der Waals surface area contributed by atoms with Gasteiger partial charge in [-0.2, -0.15) is 0 Å². The number of benzene rings is 1. The van der Waals surface area contributed by atoms with Crippen LogP contribution in [0.25, 0.3) is 0 Å². The molecule has 3 nitrogen and oxygen atoms in total. The van der Waals surface area contributed by atoms with E-state index >= 15 is 0 Å². The molecule has 0 spiro atoms. The summed E-state index contributed by atoms with van der Waals surface area (Å²) in [6, 6.07) is 6.70. The van der Waals surface area contributed by atoms with Crippen LogP contribution in [0, 0.1) is 0 Å². The van der Waals surface area contributed by atoms with E-state index in [1.54, 1.807) is 18.2 Å². The van der Waals surface area contributed by atoms with E-state index in [4.69, 9.17) is 5.11 Å². The number of carbonyl (C=O) groups is 1. The van der Waals surface area contributed by atoms with Gasteiger partial charge >= 0.3 is 5.97 Å². The minimum absolute atomic E-state index is 0.171. The lowest BCUT2D eigenvalue weighted by Gasteiger charge is -2.11. The van der Waals surface area contributed by atoms with Gasteiger partial charge in [-0.3, -0.25) is 4.79 Å². The predicted octanol–water partition coefficient (Wildman–Crippen LogP) is 3.13. The number of aromatic hydroxyl groups is 1. The van der Waals surface area contributed by atoms with Gasteiger partial charge in [0.15, 0.2) is 0 Å². The Bertz CT molecular complexity index is 352. The maximum absolute atomic E-state index is 11.0. The summed E-state index contributed by atoms with van der Waals surface area (Å²) in [6.45, 7) is 2.04. The molecule has 0 saturated carbocycles. The van der Waals surface area contributed by atoms with Crippen molar-refractivity contribution in [1.29, 1.82) is 0 Å². The molecule has 0 aliphatic carbocycles. The number of carboxylic acids is 1. The maximum Gasteiger partial charge on any atom is 0.316 e.